The van der Waals surface area contributed by atoms with Crippen molar-refractivity contribution in [2.75, 3.05) is 44.6 Å². The minimum Gasteiger partial charge on any atom is -0.492 e. The molecule has 1 aliphatic rings. The lowest BCUT2D eigenvalue weighted by atomic mass is 10.2. The van der Waals surface area contributed by atoms with Crippen molar-refractivity contribution in [2.45, 2.75) is 13.0 Å². The first-order valence-electron chi connectivity index (χ1n) is 9.61. The Morgan fingerprint density at radius 3 is 2.61 bits per heavy atom. The second-order valence-corrected chi connectivity index (χ2v) is 6.90. The Morgan fingerprint density at radius 1 is 1.14 bits per heavy atom. The molecule has 0 spiro atoms. The number of anilines is 1. The summed E-state index contributed by atoms with van der Waals surface area (Å²) >= 11 is 0. The third-order valence-electron chi connectivity index (χ3n) is 5.01. The van der Waals surface area contributed by atoms with Crippen LogP contribution in [0.5, 0.6) is 5.75 Å². The van der Waals surface area contributed by atoms with E-state index in [9.17, 15) is 4.79 Å². The number of rotatable bonds is 7. The Labute approximate surface area is 166 Å². The average molecular weight is 378 g/mol. The molecule has 0 radical (unpaired) electrons. The van der Waals surface area contributed by atoms with E-state index in [2.05, 4.69) is 21.2 Å². The van der Waals surface area contributed by atoms with Gasteiger partial charge in [-0.25, -0.2) is 0 Å². The number of piperazine rings is 1. The third kappa shape index (κ3) is 5.56. The molecule has 1 fully saturated rings. The highest BCUT2D eigenvalue weighted by atomic mass is 16.5. The van der Waals surface area contributed by atoms with E-state index in [0.717, 1.165) is 38.5 Å². The van der Waals surface area contributed by atoms with Crippen LogP contribution in [0.15, 0.2) is 54.6 Å². The number of ether oxygens (including phenoxy) is 1. The number of nitrogens with one attached hydrogen (secondary N) is 1. The minimum absolute atomic E-state index is 0.0454. The predicted octanol–water partition coefficient (Wildman–Crippen LogP) is 2.58. The Balaban J connectivity index is 1.41. The molecule has 6 heteroatoms. The smallest absolute Gasteiger partial charge is 0.241 e. The molecule has 6 nitrogen and oxygen atoms in total. The molecule has 1 heterocycles. The van der Waals surface area contributed by atoms with Gasteiger partial charge >= 0.3 is 0 Å². The molecule has 1 saturated heterocycles. The molecule has 1 N–H and O–H groups in total. The van der Waals surface area contributed by atoms with Gasteiger partial charge in [-0.05, 0) is 37.3 Å². The molecule has 0 unspecified atom stereocenters. The molecule has 1 amide bonds. The van der Waals surface area contributed by atoms with Crippen LogP contribution < -0.4 is 10.1 Å². The molecule has 3 rings (SSSR count). The molecule has 28 heavy (non-hydrogen) atoms. The maximum atomic E-state index is 12.6. The lowest BCUT2D eigenvalue weighted by Crippen LogP contribution is -2.53. The molecule has 0 bridgehead atoms. The van der Waals surface area contributed by atoms with Gasteiger partial charge in [0, 0.05) is 38.4 Å². The summed E-state index contributed by atoms with van der Waals surface area (Å²) < 4.78 is 5.76. The number of hydrogen-bond donors (Lipinski definition) is 1. The van der Waals surface area contributed by atoms with Crippen molar-refractivity contribution in [3.63, 3.8) is 0 Å². The number of hydrogen-bond acceptors (Lipinski definition) is 5. The van der Waals surface area contributed by atoms with Crippen molar-refractivity contribution >= 4 is 11.6 Å². The zero-order chi connectivity index (χ0) is 19.8. The van der Waals surface area contributed by atoms with Crippen LogP contribution in [-0.4, -0.2) is 61.1 Å². The van der Waals surface area contributed by atoms with Gasteiger partial charge in [-0.1, -0.05) is 24.3 Å². The fourth-order valence-corrected chi connectivity index (χ4v) is 3.26. The molecular weight excluding hydrogens is 352 g/mol. The second kappa shape index (κ2) is 9.88. The summed E-state index contributed by atoms with van der Waals surface area (Å²) in [6, 6.07) is 18.7. The number of para-hydroxylation sites is 1. The lowest BCUT2D eigenvalue weighted by molar-refractivity contribution is -0.121. The first-order valence-corrected chi connectivity index (χ1v) is 9.61. The van der Waals surface area contributed by atoms with E-state index in [1.165, 1.54) is 0 Å². The molecular formula is C22H26N4O2. The van der Waals surface area contributed by atoms with Crippen LogP contribution >= 0.6 is 0 Å². The van der Waals surface area contributed by atoms with Crippen LogP contribution in [0.2, 0.25) is 0 Å². The number of carbonyl (C=O) groups excluding carboxylic acids is 1. The van der Waals surface area contributed by atoms with E-state index in [0.29, 0.717) is 17.9 Å². The maximum absolute atomic E-state index is 12.6. The monoisotopic (exact) mass is 378 g/mol. The van der Waals surface area contributed by atoms with Gasteiger partial charge in [0.05, 0.1) is 17.7 Å². The Morgan fingerprint density at radius 2 is 1.89 bits per heavy atom. The molecule has 0 aromatic heterocycles. The van der Waals surface area contributed by atoms with Crippen LogP contribution in [0.1, 0.15) is 12.5 Å². The van der Waals surface area contributed by atoms with Crippen molar-refractivity contribution in [3.8, 4) is 11.8 Å². The zero-order valence-corrected chi connectivity index (χ0v) is 16.2. The minimum atomic E-state index is -0.214. The van der Waals surface area contributed by atoms with Crippen molar-refractivity contribution < 1.29 is 9.53 Å². The Bertz CT molecular complexity index is 811. The first kappa shape index (κ1) is 19.9. The Kier molecular flexibility index (Phi) is 7.01. The largest absolute Gasteiger partial charge is 0.492 e. The molecule has 2 aromatic carbocycles. The molecule has 2 aromatic rings. The summed E-state index contributed by atoms with van der Waals surface area (Å²) in [4.78, 5) is 17.1. The normalized spacial score (nSPS) is 16.1. The SMILES string of the molecule is C[C@@H](C(=O)Nc1cccc(C#N)c1)N1CCN(CCOc2ccccc2)CC1. The highest BCUT2D eigenvalue weighted by Gasteiger charge is 2.25. The number of carbonyl (C=O) groups is 1. The summed E-state index contributed by atoms with van der Waals surface area (Å²) in [6.07, 6.45) is 0. The van der Waals surface area contributed by atoms with E-state index < -0.39 is 0 Å². The fourth-order valence-electron chi connectivity index (χ4n) is 3.26. The lowest BCUT2D eigenvalue weighted by Gasteiger charge is -2.37. The molecule has 0 aliphatic carbocycles. The van der Waals surface area contributed by atoms with Gasteiger partial charge < -0.3 is 10.1 Å². The summed E-state index contributed by atoms with van der Waals surface area (Å²) in [5, 5.41) is 11.9. The van der Waals surface area contributed by atoms with Crippen LogP contribution in [0.25, 0.3) is 0 Å². The summed E-state index contributed by atoms with van der Waals surface area (Å²) in [5.74, 6) is 0.850. The van der Waals surface area contributed by atoms with Crippen molar-refractivity contribution in [3.05, 3.63) is 60.2 Å². The first-order chi connectivity index (χ1) is 13.7. The van der Waals surface area contributed by atoms with E-state index in [-0.39, 0.29) is 11.9 Å². The average Bonchev–Trinajstić information content (AvgIpc) is 2.74. The number of amides is 1. The molecule has 0 saturated carbocycles. The highest BCUT2D eigenvalue weighted by molar-refractivity contribution is 5.94. The summed E-state index contributed by atoms with van der Waals surface area (Å²) in [5.41, 5.74) is 1.20. The number of nitriles is 1. The number of nitrogens with zero attached hydrogens (tertiary/aromatic N) is 3. The van der Waals surface area contributed by atoms with E-state index in [4.69, 9.17) is 10.00 Å². The van der Waals surface area contributed by atoms with Gasteiger partial charge in [0.15, 0.2) is 0 Å². The topological polar surface area (TPSA) is 68.6 Å². The molecule has 1 aliphatic heterocycles. The van der Waals surface area contributed by atoms with Crippen molar-refractivity contribution in [1.29, 1.82) is 5.26 Å². The van der Waals surface area contributed by atoms with Crippen LogP contribution in [-0.2, 0) is 4.79 Å². The van der Waals surface area contributed by atoms with Crippen molar-refractivity contribution in [2.24, 2.45) is 0 Å². The summed E-state index contributed by atoms with van der Waals surface area (Å²) in [7, 11) is 0. The standard InChI is InChI=1S/C22H26N4O2/c1-18(22(27)24-20-7-5-6-19(16-20)17-23)26-12-10-25(11-13-26)14-15-28-21-8-3-2-4-9-21/h2-9,16,18H,10-15H2,1H3,(H,24,27)/t18-/m0/s1. The summed E-state index contributed by atoms with van der Waals surface area (Å²) in [6.45, 7) is 6.99. The maximum Gasteiger partial charge on any atom is 0.241 e. The van der Waals surface area contributed by atoms with Crippen LogP contribution in [0.4, 0.5) is 5.69 Å². The quantitative estimate of drug-likeness (QED) is 0.802. The predicted molar refractivity (Wildman–Crippen MR) is 109 cm³/mol. The molecule has 1 atom stereocenters. The van der Waals surface area contributed by atoms with Gasteiger partial charge in [0.1, 0.15) is 12.4 Å². The Hall–Kier alpha value is -2.88. The zero-order valence-electron chi connectivity index (χ0n) is 16.2. The van der Waals surface area contributed by atoms with Crippen molar-refractivity contribution in [1.82, 2.24) is 9.80 Å². The number of benzene rings is 2. The van der Waals surface area contributed by atoms with Crippen LogP contribution in [0, 0.1) is 11.3 Å². The van der Waals surface area contributed by atoms with E-state index in [1.807, 2.05) is 37.3 Å². The van der Waals surface area contributed by atoms with Gasteiger partial charge in [-0.2, -0.15) is 5.26 Å². The molecule has 146 valence electrons. The highest BCUT2D eigenvalue weighted by Crippen LogP contribution is 2.13. The van der Waals surface area contributed by atoms with Gasteiger partial charge in [0.25, 0.3) is 0 Å². The fraction of sp³-hybridized carbons (Fsp3) is 0.364. The second-order valence-electron chi connectivity index (χ2n) is 6.90. The van der Waals surface area contributed by atoms with Gasteiger partial charge in [0.2, 0.25) is 5.91 Å². The van der Waals surface area contributed by atoms with Gasteiger partial charge in [-0.3, -0.25) is 14.6 Å². The van der Waals surface area contributed by atoms with Gasteiger partial charge in [-0.15, -0.1) is 0 Å². The third-order valence-corrected chi connectivity index (χ3v) is 5.01. The van der Waals surface area contributed by atoms with E-state index >= 15 is 0 Å². The van der Waals surface area contributed by atoms with Crippen LogP contribution in [0.3, 0.4) is 0 Å². The van der Waals surface area contributed by atoms with E-state index in [1.54, 1.807) is 24.3 Å².